The third-order valence-electron chi connectivity index (χ3n) is 6.32. The molecule has 1 saturated carbocycles. The average Bonchev–Trinajstić information content (AvgIpc) is 3.36. The number of hydrogen-bond donors (Lipinski definition) is 0. The zero-order chi connectivity index (χ0) is 19.1. The molecule has 0 N–H and O–H groups in total. The van der Waals surface area contributed by atoms with Crippen molar-refractivity contribution < 1.29 is 19.1 Å². The molecule has 3 aliphatic heterocycles. The van der Waals surface area contributed by atoms with E-state index in [1.807, 2.05) is 4.90 Å². The van der Waals surface area contributed by atoms with E-state index >= 15 is 0 Å². The maximum Gasteiger partial charge on any atom is 0.254 e. The summed E-state index contributed by atoms with van der Waals surface area (Å²) in [4.78, 5) is 32.0. The van der Waals surface area contributed by atoms with Crippen LogP contribution in [0.3, 0.4) is 0 Å². The lowest BCUT2D eigenvalue weighted by atomic mass is 10.1. The lowest BCUT2D eigenvalue weighted by molar-refractivity contribution is -0.132. The predicted octanol–water partition coefficient (Wildman–Crippen LogP) is 1.57. The first kappa shape index (κ1) is 17.8. The summed E-state index contributed by atoms with van der Waals surface area (Å²) in [5, 5.41) is 0. The molecule has 1 atom stereocenters. The highest BCUT2D eigenvalue weighted by Crippen LogP contribution is 2.33. The van der Waals surface area contributed by atoms with Crippen molar-refractivity contribution in [1.82, 2.24) is 14.7 Å². The van der Waals surface area contributed by atoms with Gasteiger partial charge in [0.15, 0.2) is 11.5 Å². The second kappa shape index (κ2) is 7.28. The number of nitrogens with zero attached hydrogens (tertiary/aromatic N) is 3. The van der Waals surface area contributed by atoms with Gasteiger partial charge in [-0.1, -0.05) is 0 Å². The van der Waals surface area contributed by atoms with Crippen molar-refractivity contribution in [3.8, 4) is 11.5 Å². The fourth-order valence-corrected chi connectivity index (χ4v) is 4.52. The molecule has 1 aromatic rings. The summed E-state index contributed by atoms with van der Waals surface area (Å²) in [7, 11) is 0. The summed E-state index contributed by atoms with van der Waals surface area (Å²) < 4.78 is 10.7. The van der Waals surface area contributed by atoms with Crippen LogP contribution in [0.25, 0.3) is 0 Å². The van der Waals surface area contributed by atoms with Gasteiger partial charge >= 0.3 is 0 Å². The van der Waals surface area contributed by atoms with Gasteiger partial charge in [0.25, 0.3) is 5.91 Å². The van der Waals surface area contributed by atoms with Crippen molar-refractivity contribution >= 4 is 11.8 Å². The van der Waals surface area contributed by atoms with Gasteiger partial charge in [-0.2, -0.15) is 0 Å². The highest BCUT2D eigenvalue weighted by Gasteiger charge is 2.38. The molecule has 0 spiro atoms. The van der Waals surface area contributed by atoms with E-state index in [9.17, 15) is 9.59 Å². The van der Waals surface area contributed by atoms with E-state index in [2.05, 4.69) is 9.80 Å². The maximum atomic E-state index is 13.0. The Morgan fingerprint density at radius 3 is 2.71 bits per heavy atom. The number of fused-ring (bicyclic) bond motifs is 1. The van der Waals surface area contributed by atoms with Crippen LogP contribution in [0.2, 0.25) is 0 Å². The zero-order valence-electron chi connectivity index (χ0n) is 16.1. The molecule has 0 aromatic heterocycles. The van der Waals surface area contributed by atoms with Crippen LogP contribution < -0.4 is 9.47 Å². The number of hydrogen-bond acceptors (Lipinski definition) is 5. The summed E-state index contributed by atoms with van der Waals surface area (Å²) in [5.41, 5.74) is 0.630. The quantitative estimate of drug-likeness (QED) is 0.787. The van der Waals surface area contributed by atoms with Crippen LogP contribution in [-0.4, -0.2) is 78.6 Å². The number of carbonyl (C=O) groups is 2. The number of likely N-dealkylation sites (tertiary alicyclic amines) is 1. The lowest BCUT2D eigenvalue weighted by Gasteiger charge is -2.26. The Morgan fingerprint density at radius 1 is 1.00 bits per heavy atom. The van der Waals surface area contributed by atoms with Crippen molar-refractivity contribution in [1.29, 1.82) is 0 Å². The minimum absolute atomic E-state index is 0.000606. The minimum Gasteiger partial charge on any atom is -0.454 e. The minimum atomic E-state index is -0.000606. The number of ether oxygens (including phenoxy) is 2. The van der Waals surface area contributed by atoms with Gasteiger partial charge in [0.05, 0.1) is 6.04 Å². The first-order valence-corrected chi connectivity index (χ1v) is 10.4. The molecule has 1 aliphatic carbocycles. The molecule has 0 bridgehead atoms. The van der Waals surface area contributed by atoms with E-state index < -0.39 is 0 Å². The van der Waals surface area contributed by atoms with Crippen LogP contribution in [0.4, 0.5) is 0 Å². The molecule has 2 amide bonds. The SMILES string of the molecule is O=C(c1ccc2c(c1)OCO2)N1CCCN(C2CCN(CC3CC3)C2=O)CC1. The molecular formula is C21H27N3O4. The highest BCUT2D eigenvalue weighted by molar-refractivity contribution is 5.95. The summed E-state index contributed by atoms with van der Waals surface area (Å²) in [5.74, 6) is 2.38. The third-order valence-corrected chi connectivity index (χ3v) is 6.32. The molecule has 1 unspecified atom stereocenters. The summed E-state index contributed by atoms with van der Waals surface area (Å²) in [6.07, 6.45) is 4.36. The molecule has 150 valence electrons. The Bertz CT molecular complexity index is 779. The first-order chi connectivity index (χ1) is 13.7. The van der Waals surface area contributed by atoms with Crippen LogP contribution >= 0.6 is 0 Å². The molecule has 1 aromatic carbocycles. The predicted molar refractivity (Wildman–Crippen MR) is 102 cm³/mol. The molecule has 7 heteroatoms. The Balaban J connectivity index is 1.21. The number of benzene rings is 1. The topological polar surface area (TPSA) is 62.3 Å². The highest BCUT2D eigenvalue weighted by atomic mass is 16.7. The largest absolute Gasteiger partial charge is 0.454 e. The monoisotopic (exact) mass is 385 g/mol. The standard InChI is InChI=1S/C21H27N3O4/c25-20(16-4-5-18-19(12-16)28-14-27-18)23-8-1-7-22(10-11-23)17-6-9-24(21(17)26)13-15-2-3-15/h4-5,12,15,17H,1-3,6-11,13-14H2. The third kappa shape index (κ3) is 3.43. The molecule has 0 radical (unpaired) electrons. The van der Waals surface area contributed by atoms with E-state index in [1.54, 1.807) is 18.2 Å². The average molecular weight is 385 g/mol. The van der Waals surface area contributed by atoms with Crippen molar-refractivity contribution in [2.24, 2.45) is 5.92 Å². The summed E-state index contributed by atoms with van der Waals surface area (Å²) >= 11 is 0. The van der Waals surface area contributed by atoms with Crippen LogP contribution in [0.5, 0.6) is 11.5 Å². The Labute approximate surface area is 165 Å². The van der Waals surface area contributed by atoms with E-state index in [0.29, 0.717) is 29.5 Å². The Kier molecular flexibility index (Phi) is 4.62. The summed E-state index contributed by atoms with van der Waals surface area (Å²) in [6.45, 7) is 5.03. The smallest absolute Gasteiger partial charge is 0.254 e. The molecule has 5 rings (SSSR count). The second-order valence-electron chi connectivity index (χ2n) is 8.28. The lowest BCUT2D eigenvalue weighted by Crippen LogP contribution is -2.44. The van der Waals surface area contributed by atoms with E-state index in [1.165, 1.54) is 12.8 Å². The van der Waals surface area contributed by atoms with Crippen LogP contribution in [0.15, 0.2) is 18.2 Å². The van der Waals surface area contributed by atoms with Crippen molar-refractivity contribution in [2.75, 3.05) is 46.1 Å². The van der Waals surface area contributed by atoms with Gasteiger partial charge < -0.3 is 19.3 Å². The van der Waals surface area contributed by atoms with Gasteiger partial charge in [0.1, 0.15) is 0 Å². The Morgan fingerprint density at radius 2 is 1.86 bits per heavy atom. The number of rotatable bonds is 4. The van der Waals surface area contributed by atoms with E-state index in [0.717, 1.165) is 51.5 Å². The Hall–Kier alpha value is -2.28. The van der Waals surface area contributed by atoms with Crippen molar-refractivity contribution in [2.45, 2.75) is 31.7 Å². The zero-order valence-corrected chi connectivity index (χ0v) is 16.1. The van der Waals surface area contributed by atoms with Gasteiger partial charge in [-0.05, 0) is 49.8 Å². The van der Waals surface area contributed by atoms with Crippen molar-refractivity contribution in [3.63, 3.8) is 0 Å². The van der Waals surface area contributed by atoms with Gasteiger partial charge in [0.2, 0.25) is 12.7 Å². The molecule has 28 heavy (non-hydrogen) atoms. The van der Waals surface area contributed by atoms with Gasteiger partial charge in [-0.15, -0.1) is 0 Å². The fraction of sp³-hybridized carbons (Fsp3) is 0.619. The maximum absolute atomic E-state index is 13.0. The molecule has 7 nitrogen and oxygen atoms in total. The molecular weight excluding hydrogens is 358 g/mol. The number of amides is 2. The van der Waals surface area contributed by atoms with Gasteiger partial charge in [0, 0.05) is 44.8 Å². The first-order valence-electron chi connectivity index (χ1n) is 10.4. The van der Waals surface area contributed by atoms with E-state index in [4.69, 9.17) is 9.47 Å². The second-order valence-corrected chi connectivity index (χ2v) is 8.28. The van der Waals surface area contributed by atoms with Crippen molar-refractivity contribution in [3.05, 3.63) is 23.8 Å². The normalized spacial score (nSPS) is 25.3. The van der Waals surface area contributed by atoms with Crippen LogP contribution in [-0.2, 0) is 4.79 Å². The number of carbonyl (C=O) groups excluding carboxylic acids is 2. The van der Waals surface area contributed by atoms with Crippen LogP contribution in [0.1, 0.15) is 36.0 Å². The molecule has 3 heterocycles. The molecule has 2 saturated heterocycles. The van der Waals surface area contributed by atoms with E-state index in [-0.39, 0.29) is 18.7 Å². The fourth-order valence-electron chi connectivity index (χ4n) is 4.52. The van der Waals surface area contributed by atoms with Gasteiger partial charge in [-0.3, -0.25) is 14.5 Å². The van der Waals surface area contributed by atoms with Crippen LogP contribution in [0, 0.1) is 5.92 Å². The van der Waals surface area contributed by atoms with Gasteiger partial charge in [-0.25, -0.2) is 0 Å². The molecule has 4 aliphatic rings. The summed E-state index contributed by atoms with van der Waals surface area (Å²) in [6, 6.07) is 5.36. The molecule has 3 fully saturated rings.